The first-order valence-corrected chi connectivity index (χ1v) is 8.81. The number of amides is 1. The van der Waals surface area contributed by atoms with Crippen molar-refractivity contribution in [3.8, 4) is 5.75 Å². The summed E-state index contributed by atoms with van der Waals surface area (Å²) < 4.78 is 5.98. The van der Waals surface area contributed by atoms with Crippen molar-refractivity contribution in [1.82, 2.24) is 0 Å². The number of fused-ring (bicyclic) bond motifs is 1. The van der Waals surface area contributed by atoms with Crippen LogP contribution < -0.4 is 10.1 Å². The summed E-state index contributed by atoms with van der Waals surface area (Å²) in [6, 6.07) is 14.1. The zero-order valence-corrected chi connectivity index (χ0v) is 14.5. The van der Waals surface area contributed by atoms with Gasteiger partial charge in [0.2, 0.25) is 0 Å². The van der Waals surface area contributed by atoms with Crippen LogP contribution >= 0.6 is 0 Å². The highest BCUT2D eigenvalue weighted by atomic mass is 16.5. The molecule has 0 aromatic heterocycles. The van der Waals surface area contributed by atoms with Gasteiger partial charge in [-0.15, -0.1) is 0 Å². The largest absolute Gasteiger partial charge is 0.481 e. The van der Waals surface area contributed by atoms with Crippen molar-refractivity contribution in [1.29, 1.82) is 0 Å². The quantitative estimate of drug-likeness (QED) is 0.868. The number of carbonyl (C=O) groups is 1. The Morgan fingerprint density at radius 3 is 2.67 bits per heavy atom. The lowest BCUT2D eigenvalue weighted by Crippen LogP contribution is -2.32. The van der Waals surface area contributed by atoms with Gasteiger partial charge in [0.15, 0.2) is 6.10 Å². The zero-order chi connectivity index (χ0) is 16.9. The van der Waals surface area contributed by atoms with Gasteiger partial charge in [0.1, 0.15) is 5.75 Å². The number of rotatable bonds is 5. The predicted molar refractivity (Wildman–Crippen MR) is 97.6 cm³/mol. The molecule has 3 rings (SSSR count). The first kappa shape index (κ1) is 16.6. The molecule has 2 aromatic carbocycles. The third-order valence-corrected chi connectivity index (χ3v) is 4.55. The summed E-state index contributed by atoms with van der Waals surface area (Å²) >= 11 is 0. The number of anilines is 1. The first-order chi connectivity index (χ1) is 11.7. The number of hydrogen-bond acceptors (Lipinski definition) is 2. The Bertz CT molecular complexity index is 724. The maximum Gasteiger partial charge on any atom is 0.265 e. The van der Waals surface area contributed by atoms with Gasteiger partial charge < -0.3 is 10.1 Å². The van der Waals surface area contributed by atoms with Crippen molar-refractivity contribution in [3.05, 3.63) is 59.2 Å². The average molecular weight is 323 g/mol. The summed E-state index contributed by atoms with van der Waals surface area (Å²) in [4.78, 5) is 12.5. The Kier molecular flexibility index (Phi) is 5.19. The van der Waals surface area contributed by atoms with Crippen LogP contribution in [-0.4, -0.2) is 12.0 Å². The van der Waals surface area contributed by atoms with Gasteiger partial charge >= 0.3 is 0 Å². The molecule has 0 saturated carbocycles. The van der Waals surface area contributed by atoms with Gasteiger partial charge in [-0.25, -0.2) is 0 Å². The summed E-state index contributed by atoms with van der Waals surface area (Å²) in [5.74, 6) is 0.697. The lowest BCUT2D eigenvalue weighted by molar-refractivity contribution is -0.122. The molecule has 1 N–H and O–H groups in total. The van der Waals surface area contributed by atoms with E-state index in [0.29, 0.717) is 6.42 Å². The molecule has 0 saturated heterocycles. The SMILES string of the molecule is CC[C@@H](Oc1ccc2c(c1)CCCC2)C(=O)Nc1cccc(C)c1. The molecule has 3 nitrogen and oxygen atoms in total. The Hall–Kier alpha value is -2.29. The van der Waals surface area contributed by atoms with Gasteiger partial charge in [-0.05, 0) is 80.0 Å². The van der Waals surface area contributed by atoms with Gasteiger partial charge in [0, 0.05) is 5.69 Å². The van der Waals surface area contributed by atoms with E-state index in [2.05, 4.69) is 17.4 Å². The molecule has 0 heterocycles. The molecule has 0 bridgehead atoms. The molecular formula is C21H25NO2. The molecule has 0 aliphatic heterocycles. The molecule has 1 aliphatic rings. The van der Waals surface area contributed by atoms with Crippen molar-refractivity contribution in [2.75, 3.05) is 5.32 Å². The molecule has 1 aliphatic carbocycles. The highest BCUT2D eigenvalue weighted by Gasteiger charge is 2.19. The fourth-order valence-corrected chi connectivity index (χ4v) is 3.22. The Labute approximate surface area is 144 Å². The van der Waals surface area contributed by atoms with E-state index < -0.39 is 6.10 Å². The van der Waals surface area contributed by atoms with Gasteiger partial charge in [0.25, 0.3) is 5.91 Å². The van der Waals surface area contributed by atoms with Crippen molar-refractivity contribution in [2.45, 2.75) is 52.1 Å². The Balaban J connectivity index is 1.68. The number of hydrogen-bond donors (Lipinski definition) is 1. The van der Waals surface area contributed by atoms with E-state index in [1.807, 2.05) is 44.2 Å². The summed E-state index contributed by atoms with van der Waals surface area (Å²) in [5.41, 5.74) is 4.72. The number of benzene rings is 2. The average Bonchev–Trinajstić information content (AvgIpc) is 2.59. The van der Waals surface area contributed by atoms with Crippen LogP contribution in [0.2, 0.25) is 0 Å². The van der Waals surface area contributed by atoms with Crippen LogP contribution in [-0.2, 0) is 17.6 Å². The molecule has 0 spiro atoms. The fourth-order valence-electron chi connectivity index (χ4n) is 3.22. The van der Waals surface area contributed by atoms with E-state index in [1.165, 1.54) is 24.0 Å². The maximum absolute atomic E-state index is 12.5. The van der Waals surface area contributed by atoms with Crippen LogP contribution in [0.4, 0.5) is 5.69 Å². The molecule has 1 atom stereocenters. The fraction of sp³-hybridized carbons (Fsp3) is 0.381. The minimum atomic E-state index is -0.479. The number of ether oxygens (including phenoxy) is 1. The molecule has 24 heavy (non-hydrogen) atoms. The van der Waals surface area contributed by atoms with Crippen molar-refractivity contribution < 1.29 is 9.53 Å². The van der Waals surface area contributed by atoms with Crippen molar-refractivity contribution in [3.63, 3.8) is 0 Å². The van der Waals surface area contributed by atoms with Crippen LogP contribution in [0.5, 0.6) is 5.75 Å². The number of aryl methyl sites for hydroxylation is 3. The standard InChI is InChI=1S/C21H25NO2/c1-3-20(21(23)22-18-10-6-7-15(2)13-18)24-19-12-11-16-8-4-5-9-17(16)14-19/h6-7,10-14,20H,3-5,8-9H2,1-2H3,(H,22,23)/t20-/m1/s1. The van der Waals surface area contributed by atoms with Crippen LogP contribution in [0.1, 0.15) is 42.9 Å². The van der Waals surface area contributed by atoms with Crippen LogP contribution in [0.3, 0.4) is 0 Å². The molecular weight excluding hydrogens is 298 g/mol. The third-order valence-electron chi connectivity index (χ3n) is 4.55. The van der Waals surface area contributed by atoms with Crippen molar-refractivity contribution in [2.24, 2.45) is 0 Å². The minimum Gasteiger partial charge on any atom is -0.481 e. The molecule has 2 aromatic rings. The minimum absolute atomic E-state index is 0.0965. The van der Waals surface area contributed by atoms with E-state index in [-0.39, 0.29) is 5.91 Å². The molecule has 0 unspecified atom stereocenters. The predicted octanol–water partition coefficient (Wildman–Crippen LogP) is 4.67. The van der Waals surface area contributed by atoms with E-state index >= 15 is 0 Å². The third kappa shape index (κ3) is 3.97. The van der Waals surface area contributed by atoms with Crippen molar-refractivity contribution >= 4 is 11.6 Å². The number of carbonyl (C=O) groups excluding carboxylic acids is 1. The lowest BCUT2D eigenvalue weighted by atomic mass is 9.92. The Morgan fingerprint density at radius 1 is 1.12 bits per heavy atom. The summed E-state index contributed by atoms with van der Waals surface area (Å²) in [5, 5.41) is 2.95. The normalized spacial score (nSPS) is 14.6. The van der Waals surface area contributed by atoms with E-state index in [9.17, 15) is 4.79 Å². The monoisotopic (exact) mass is 323 g/mol. The summed E-state index contributed by atoms with van der Waals surface area (Å²) in [6.45, 7) is 3.98. The second-order valence-corrected chi connectivity index (χ2v) is 6.51. The topological polar surface area (TPSA) is 38.3 Å². The summed E-state index contributed by atoms with van der Waals surface area (Å²) in [7, 11) is 0. The molecule has 1 amide bonds. The smallest absolute Gasteiger partial charge is 0.265 e. The Morgan fingerprint density at radius 2 is 1.92 bits per heavy atom. The lowest BCUT2D eigenvalue weighted by Gasteiger charge is -2.20. The summed E-state index contributed by atoms with van der Waals surface area (Å²) in [6.07, 6.45) is 4.92. The van der Waals surface area contributed by atoms with Crippen LogP contribution in [0, 0.1) is 6.92 Å². The second-order valence-electron chi connectivity index (χ2n) is 6.51. The molecule has 0 fully saturated rings. The maximum atomic E-state index is 12.5. The van der Waals surface area contributed by atoms with Crippen LogP contribution in [0.25, 0.3) is 0 Å². The molecule has 0 radical (unpaired) electrons. The highest BCUT2D eigenvalue weighted by molar-refractivity contribution is 5.94. The second kappa shape index (κ2) is 7.52. The van der Waals surface area contributed by atoms with E-state index in [1.54, 1.807) is 0 Å². The van der Waals surface area contributed by atoms with Crippen LogP contribution in [0.15, 0.2) is 42.5 Å². The highest BCUT2D eigenvalue weighted by Crippen LogP contribution is 2.26. The zero-order valence-electron chi connectivity index (χ0n) is 14.5. The van der Waals surface area contributed by atoms with Gasteiger partial charge in [-0.2, -0.15) is 0 Å². The molecule has 126 valence electrons. The van der Waals surface area contributed by atoms with Gasteiger partial charge in [0.05, 0.1) is 0 Å². The van der Waals surface area contributed by atoms with E-state index in [4.69, 9.17) is 4.74 Å². The number of nitrogens with one attached hydrogen (secondary N) is 1. The van der Waals surface area contributed by atoms with Gasteiger partial charge in [-0.1, -0.05) is 25.1 Å². The molecule has 3 heteroatoms. The van der Waals surface area contributed by atoms with E-state index in [0.717, 1.165) is 29.8 Å². The van der Waals surface area contributed by atoms with Gasteiger partial charge in [-0.3, -0.25) is 4.79 Å². The first-order valence-electron chi connectivity index (χ1n) is 8.81.